The van der Waals surface area contributed by atoms with Gasteiger partial charge in [-0.05, 0) is 19.5 Å². The highest BCUT2D eigenvalue weighted by atomic mass is 32.2. The Hall–Kier alpha value is -1.64. The summed E-state index contributed by atoms with van der Waals surface area (Å²) in [6.07, 6.45) is 3.13. The molecule has 0 saturated carbocycles. The van der Waals surface area contributed by atoms with Gasteiger partial charge in [0.1, 0.15) is 0 Å². The zero-order valence-electron chi connectivity index (χ0n) is 12.2. The van der Waals surface area contributed by atoms with E-state index in [0.29, 0.717) is 12.3 Å². The van der Waals surface area contributed by atoms with Gasteiger partial charge in [0, 0.05) is 31.0 Å². The maximum Gasteiger partial charge on any atom is 0.242 e. The lowest BCUT2D eigenvalue weighted by Crippen LogP contribution is -2.22. The first-order valence-corrected chi connectivity index (χ1v) is 8.34. The first-order chi connectivity index (χ1) is 10.1. The van der Waals surface area contributed by atoms with Crippen LogP contribution >= 0.6 is 0 Å². The molecule has 0 aromatic carbocycles. The second-order valence-corrected chi connectivity index (χ2v) is 6.30. The molecule has 0 fully saturated rings. The molecular weight excluding hydrogens is 292 g/mol. The van der Waals surface area contributed by atoms with Crippen molar-refractivity contribution in [3.63, 3.8) is 0 Å². The highest BCUT2D eigenvalue weighted by Gasteiger charge is 2.18. The Kier molecular flexibility index (Phi) is 5.16. The summed E-state index contributed by atoms with van der Waals surface area (Å²) in [5, 5.41) is 6.74. The molecule has 0 radical (unpaired) electrons. The van der Waals surface area contributed by atoms with Crippen LogP contribution < -0.4 is 10.0 Å². The van der Waals surface area contributed by atoms with Crippen LogP contribution in [-0.4, -0.2) is 24.7 Å². The van der Waals surface area contributed by atoms with Crippen LogP contribution in [0.4, 0.5) is 0 Å². The molecule has 0 aliphatic rings. The molecule has 2 rings (SSSR count). The summed E-state index contributed by atoms with van der Waals surface area (Å²) in [6.45, 7) is 6.27. The summed E-state index contributed by atoms with van der Waals surface area (Å²) in [5.41, 5.74) is 0.944. The van der Waals surface area contributed by atoms with Crippen molar-refractivity contribution < 1.29 is 12.9 Å². The van der Waals surface area contributed by atoms with Crippen LogP contribution in [0, 0.1) is 0 Å². The second kappa shape index (κ2) is 6.88. The first kappa shape index (κ1) is 15.7. The molecule has 2 aromatic heterocycles. The quantitative estimate of drug-likeness (QED) is 0.761. The summed E-state index contributed by atoms with van der Waals surface area (Å²) in [6, 6.07) is 3.31. The number of aromatic nitrogens is 2. The fourth-order valence-corrected chi connectivity index (χ4v) is 3.01. The first-order valence-electron chi connectivity index (χ1n) is 6.85. The molecule has 0 spiro atoms. The SMILES string of the molecule is CCNCc1cc(S(=O)(=O)NCc2ccno2)cn1CC. The lowest BCUT2D eigenvalue weighted by molar-refractivity contribution is 0.380. The standard InChI is InChI=1S/C13H20N4O3S/c1-3-14-8-11-7-13(10-17(11)4-2)21(18,19)16-9-12-5-6-15-20-12/h5-7,10,14,16H,3-4,8-9H2,1-2H3. The van der Waals surface area contributed by atoms with E-state index in [1.165, 1.54) is 6.20 Å². The van der Waals surface area contributed by atoms with E-state index in [1.807, 2.05) is 18.4 Å². The Morgan fingerprint density at radius 3 is 2.76 bits per heavy atom. The van der Waals surface area contributed by atoms with Gasteiger partial charge in [-0.1, -0.05) is 12.1 Å². The van der Waals surface area contributed by atoms with Crippen LogP contribution in [0.5, 0.6) is 0 Å². The van der Waals surface area contributed by atoms with E-state index in [1.54, 1.807) is 18.3 Å². The molecule has 0 amide bonds. The number of sulfonamides is 1. The van der Waals surface area contributed by atoms with Crippen molar-refractivity contribution in [2.45, 2.75) is 38.4 Å². The molecule has 21 heavy (non-hydrogen) atoms. The maximum atomic E-state index is 12.3. The Labute approximate surface area is 124 Å². The van der Waals surface area contributed by atoms with E-state index < -0.39 is 10.0 Å². The van der Waals surface area contributed by atoms with Gasteiger partial charge >= 0.3 is 0 Å². The fraction of sp³-hybridized carbons (Fsp3) is 0.462. The average molecular weight is 312 g/mol. The topological polar surface area (TPSA) is 89.2 Å². The van der Waals surface area contributed by atoms with E-state index >= 15 is 0 Å². The van der Waals surface area contributed by atoms with Crippen molar-refractivity contribution >= 4 is 10.0 Å². The van der Waals surface area contributed by atoms with Crippen LogP contribution in [-0.2, 0) is 29.7 Å². The molecule has 2 N–H and O–H groups in total. The molecule has 2 heterocycles. The largest absolute Gasteiger partial charge is 0.360 e. The Balaban J connectivity index is 2.13. The third kappa shape index (κ3) is 3.93. The molecule has 0 aliphatic heterocycles. The van der Waals surface area contributed by atoms with Gasteiger partial charge in [-0.2, -0.15) is 0 Å². The Morgan fingerprint density at radius 2 is 2.14 bits per heavy atom. The molecule has 8 heteroatoms. The van der Waals surface area contributed by atoms with Crippen molar-refractivity contribution in [1.82, 2.24) is 19.8 Å². The monoisotopic (exact) mass is 312 g/mol. The van der Waals surface area contributed by atoms with Crippen LogP contribution in [0.2, 0.25) is 0 Å². The predicted molar refractivity (Wildman–Crippen MR) is 78.0 cm³/mol. The van der Waals surface area contributed by atoms with E-state index in [-0.39, 0.29) is 11.4 Å². The van der Waals surface area contributed by atoms with Crippen LogP contribution in [0.25, 0.3) is 0 Å². The number of rotatable bonds is 8. The van der Waals surface area contributed by atoms with Crippen molar-refractivity contribution in [2.75, 3.05) is 6.54 Å². The summed E-state index contributed by atoms with van der Waals surface area (Å²) in [5.74, 6) is 0.473. The predicted octanol–water partition coefficient (Wildman–Crippen LogP) is 1.08. The minimum absolute atomic E-state index is 0.0855. The summed E-state index contributed by atoms with van der Waals surface area (Å²) >= 11 is 0. The molecular formula is C13H20N4O3S. The minimum Gasteiger partial charge on any atom is -0.360 e. The summed E-state index contributed by atoms with van der Waals surface area (Å²) in [4.78, 5) is 0.261. The van der Waals surface area contributed by atoms with Gasteiger partial charge in [0.25, 0.3) is 0 Å². The van der Waals surface area contributed by atoms with E-state index in [4.69, 9.17) is 4.52 Å². The molecule has 0 bridgehead atoms. The smallest absolute Gasteiger partial charge is 0.242 e. The van der Waals surface area contributed by atoms with E-state index in [2.05, 4.69) is 15.2 Å². The van der Waals surface area contributed by atoms with Crippen LogP contribution in [0.3, 0.4) is 0 Å². The molecule has 0 atom stereocenters. The van der Waals surface area contributed by atoms with Crippen molar-refractivity contribution in [3.8, 4) is 0 Å². The number of aryl methyl sites for hydroxylation is 1. The third-order valence-electron chi connectivity index (χ3n) is 3.10. The van der Waals surface area contributed by atoms with Gasteiger partial charge in [-0.15, -0.1) is 0 Å². The number of nitrogens with one attached hydrogen (secondary N) is 2. The zero-order chi connectivity index (χ0) is 15.3. The molecule has 0 unspecified atom stereocenters. The Bertz CT molecular complexity index is 662. The molecule has 7 nitrogen and oxygen atoms in total. The van der Waals surface area contributed by atoms with Gasteiger partial charge in [0.05, 0.1) is 17.6 Å². The maximum absolute atomic E-state index is 12.3. The normalized spacial score (nSPS) is 11.9. The number of hydrogen-bond donors (Lipinski definition) is 2. The zero-order valence-corrected chi connectivity index (χ0v) is 13.0. The fourth-order valence-electron chi connectivity index (χ4n) is 1.95. The molecule has 0 aliphatic carbocycles. The van der Waals surface area contributed by atoms with E-state index in [9.17, 15) is 8.42 Å². The third-order valence-corrected chi connectivity index (χ3v) is 4.46. The van der Waals surface area contributed by atoms with Gasteiger partial charge in [0.2, 0.25) is 10.0 Å². The second-order valence-electron chi connectivity index (χ2n) is 4.54. The number of hydrogen-bond acceptors (Lipinski definition) is 5. The van der Waals surface area contributed by atoms with Gasteiger partial charge in [-0.3, -0.25) is 0 Å². The van der Waals surface area contributed by atoms with Crippen molar-refractivity contribution in [1.29, 1.82) is 0 Å². The van der Waals surface area contributed by atoms with Gasteiger partial charge in [0.15, 0.2) is 5.76 Å². The average Bonchev–Trinajstić information content (AvgIpc) is 3.12. The highest BCUT2D eigenvalue weighted by Crippen LogP contribution is 2.15. The minimum atomic E-state index is -3.56. The summed E-state index contributed by atoms with van der Waals surface area (Å²) in [7, 11) is -3.56. The molecule has 2 aromatic rings. The summed E-state index contributed by atoms with van der Waals surface area (Å²) < 4.78 is 33.9. The van der Waals surface area contributed by atoms with Gasteiger partial charge in [-0.25, -0.2) is 13.1 Å². The molecule has 0 saturated heterocycles. The van der Waals surface area contributed by atoms with Crippen LogP contribution in [0.1, 0.15) is 25.3 Å². The Morgan fingerprint density at radius 1 is 1.33 bits per heavy atom. The number of nitrogens with zero attached hydrogens (tertiary/aromatic N) is 2. The van der Waals surface area contributed by atoms with Crippen molar-refractivity contribution in [2.24, 2.45) is 0 Å². The lowest BCUT2D eigenvalue weighted by atomic mass is 10.4. The lowest BCUT2D eigenvalue weighted by Gasteiger charge is -2.05. The molecule has 116 valence electrons. The highest BCUT2D eigenvalue weighted by molar-refractivity contribution is 7.89. The van der Waals surface area contributed by atoms with Gasteiger partial charge < -0.3 is 14.4 Å². The van der Waals surface area contributed by atoms with Crippen molar-refractivity contribution in [3.05, 3.63) is 36.0 Å². The van der Waals surface area contributed by atoms with Crippen LogP contribution in [0.15, 0.2) is 33.9 Å². The van der Waals surface area contributed by atoms with E-state index in [0.717, 1.165) is 18.8 Å².